The molecule has 0 N–H and O–H groups in total. The van der Waals surface area contributed by atoms with Gasteiger partial charge in [-0.1, -0.05) is 90.1 Å². The summed E-state index contributed by atoms with van der Waals surface area (Å²) in [5, 5.41) is 0. The molecule has 0 aliphatic heterocycles. The summed E-state index contributed by atoms with van der Waals surface area (Å²) < 4.78 is 0. The molecule has 2 fully saturated rings. The van der Waals surface area contributed by atoms with Crippen LogP contribution in [-0.2, 0) is 0 Å². The lowest BCUT2D eigenvalue weighted by Crippen LogP contribution is -2.30. The summed E-state index contributed by atoms with van der Waals surface area (Å²) in [4.78, 5) is 0. The van der Waals surface area contributed by atoms with Gasteiger partial charge in [-0.15, -0.1) is 0 Å². The lowest BCUT2D eigenvalue weighted by atomic mass is 9.64. The van der Waals surface area contributed by atoms with Gasteiger partial charge in [0.15, 0.2) is 0 Å². The molecule has 1 aromatic rings. The van der Waals surface area contributed by atoms with Crippen molar-refractivity contribution < 1.29 is 0 Å². The van der Waals surface area contributed by atoms with Gasteiger partial charge in [0.05, 0.1) is 0 Å². The Morgan fingerprint density at radius 2 is 1.31 bits per heavy atom. The van der Waals surface area contributed by atoms with Gasteiger partial charge in [-0.3, -0.25) is 0 Å². The van der Waals surface area contributed by atoms with E-state index in [4.69, 9.17) is 0 Å². The molecule has 0 spiro atoms. The van der Waals surface area contributed by atoms with Crippen LogP contribution in [0, 0.1) is 35.5 Å². The van der Waals surface area contributed by atoms with Crippen LogP contribution in [0.5, 0.6) is 0 Å². The van der Waals surface area contributed by atoms with Crippen molar-refractivity contribution in [3.05, 3.63) is 35.9 Å². The van der Waals surface area contributed by atoms with E-state index in [0.717, 1.165) is 41.4 Å². The Labute approximate surface area is 182 Å². The molecule has 1 aromatic carbocycles. The van der Waals surface area contributed by atoms with E-state index in [1.807, 2.05) is 0 Å². The highest BCUT2D eigenvalue weighted by atomic mass is 14.4. The molecule has 0 nitrogen and oxygen atoms in total. The SMILES string of the molecule is CCCCC1CCC(C(C)C2CCC(C(C)C(CC)c3ccccc3)CC2)CC1. The molecule has 0 amide bonds. The van der Waals surface area contributed by atoms with Gasteiger partial charge >= 0.3 is 0 Å². The van der Waals surface area contributed by atoms with Gasteiger partial charge in [-0.05, 0) is 91.9 Å². The van der Waals surface area contributed by atoms with Gasteiger partial charge < -0.3 is 0 Å². The van der Waals surface area contributed by atoms with Crippen molar-refractivity contribution in [3.63, 3.8) is 0 Å². The summed E-state index contributed by atoms with van der Waals surface area (Å²) in [6.07, 6.45) is 17.7. The minimum absolute atomic E-state index is 0.744. The van der Waals surface area contributed by atoms with E-state index in [9.17, 15) is 0 Å². The van der Waals surface area contributed by atoms with Crippen LogP contribution in [-0.4, -0.2) is 0 Å². The molecule has 164 valence electrons. The maximum atomic E-state index is 2.62. The Morgan fingerprint density at radius 1 is 0.759 bits per heavy atom. The third-order valence-corrected chi connectivity index (χ3v) is 9.21. The van der Waals surface area contributed by atoms with E-state index < -0.39 is 0 Å². The molecular formula is C29H48. The molecular weight excluding hydrogens is 348 g/mol. The Kier molecular flexibility index (Phi) is 9.13. The molecule has 3 atom stereocenters. The first kappa shape index (κ1) is 22.9. The quantitative estimate of drug-likeness (QED) is 0.390. The Morgan fingerprint density at radius 3 is 1.86 bits per heavy atom. The lowest BCUT2D eigenvalue weighted by molar-refractivity contribution is 0.105. The van der Waals surface area contributed by atoms with E-state index in [1.165, 1.54) is 77.0 Å². The van der Waals surface area contributed by atoms with Crippen molar-refractivity contribution in [1.29, 1.82) is 0 Å². The number of hydrogen-bond donors (Lipinski definition) is 0. The molecule has 0 aromatic heterocycles. The van der Waals surface area contributed by atoms with Crippen molar-refractivity contribution in [2.75, 3.05) is 0 Å². The van der Waals surface area contributed by atoms with Gasteiger partial charge in [-0.2, -0.15) is 0 Å². The van der Waals surface area contributed by atoms with E-state index in [2.05, 4.69) is 58.0 Å². The van der Waals surface area contributed by atoms with Crippen molar-refractivity contribution in [3.8, 4) is 0 Å². The van der Waals surface area contributed by atoms with Gasteiger partial charge in [0.2, 0.25) is 0 Å². The van der Waals surface area contributed by atoms with Gasteiger partial charge in [0, 0.05) is 0 Å². The number of hydrogen-bond acceptors (Lipinski definition) is 0. The second-order valence-electron chi connectivity index (χ2n) is 10.7. The predicted octanol–water partition coefficient (Wildman–Crippen LogP) is 9.26. The zero-order valence-corrected chi connectivity index (χ0v) is 19.9. The molecule has 29 heavy (non-hydrogen) atoms. The van der Waals surface area contributed by atoms with Crippen molar-refractivity contribution in [2.24, 2.45) is 35.5 Å². The first-order valence-electron chi connectivity index (χ1n) is 13.2. The van der Waals surface area contributed by atoms with Crippen LogP contribution in [0.25, 0.3) is 0 Å². The minimum Gasteiger partial charge on any atom is -0.0654 e. The van der Waals surface area contributed by atoms with Crippen LogP contribution in [0.3, 0.4) is 0 Å². The zero-order valence-electron chi connectivity index (χ0n) is 19.9. The Hall–Kier alpha value is -0.780. The van der Waals surface area contributed by atoms with E-state index in [1.54, 1.807) is 5.56 Å². The first-order chi connectivity index (χ1) is 14.1. The highest BCUT2D eigenvalue weighted by molar-refractivity contribution is 5.20. The Bertz CT molecular complexity index is 545. The fourth-order valence-electron chi connectivity index (χ4n) is 7.02. The van der Waals surface area contributed by atoms with Gasteiger partial charge in [0.1, 0.15) is 0 Å². The van der Waals surface area contributed by atoms with Crippen LogP contribution in [0.15, 0.2) is 30.3 Å². The zero-order chi connectivity index (χ0) is 20.6. The van der Waals surface area contributed by atoms with Crippen LogP contribution < -0.4 is 0 Å². The largest absolute Gasteiger partial charge is 0.0654 e. The molecule has 2 aliphatic rings. The average Bonchev–Trinajstić information content (AvgIpc) is 2.79. The summed E-state index contributed by atoms with van der Waals surface area (Å²) >= 11 is 0. The Balaban J connectivity index is 1.46. The maximum absolute atomic E-state index is 2.62. The number of rotatable bonds is 9. The molecule has 0 bridgehead atoms. The van der Waals surface area contributed by atoms with Crippen LogP contribution in [0.4, 0.5) is 0 Å². The smallest absolute Gasteiger partial charge is 0.0136 e. The molecule has 0 saturated heterocycles. The molecule has 0 radical (unpaired) electrons. The molecule has 0 heterocycles. The van der Waals surface area contributed by atoms with Crippen LogP contribution in [0.2, 0.25) is 0 Å². The van der Waals surface area contributed by atoms with Crippen LogP contribution >= 0.6 is 0 Å². The van der Waals surface area contributed by atoms with Crippen molar-refractivity contribution in [1.82, 2.24) is 0 Å². The van der Waals surface area contributed by atoms with Crippen molar-refractivity contribution in [2.45, 2.75) is 111 Å². The monoisotopic (exact) mass is 396 g/mol. The summed E-state index contributed by atoms with van der Waals surface area (Å²) in [5.41, 5.74) is 1.57. The topological polar surface area (TPSA) is 0 Å². The highest BCUT2D eigenvalue weighted by Crippen LogP contribution is 2.46. The lowest BCUT2D eigenvalue weighted by Gasteiger charge is -2.41. The standard InChI is InChI=1S/C29H48/c1-5-7-11-24-14-16-25(17-15-24)22(3)26-18-20-27(21-19-26)23(4)29(6-2)28-12-9-8-10-13-28/h8-10,12-13,22-27,29H,5-7,11,14-21H2,1-4H3. The van der Waals surface area contributed by atoms with E-state index in [0.29, 0.717) is 0 Å². The van der Waals surface area contributed by atoms with E-state index in [-0.39, 0.29) is 0 Å². The molecule has 2 saturated carbocycles. The molecule has 0 heteroatoms. The highest BCUT2D eigenvalue weighted by Gasteiger charge is 2.34. The molecule has 3 unspecified atom stereocenters. The molecule has 3 rings (SSSR count). The maximum Gasteiger partial charge on any atom is -0.0136 e. The normalized spacial score (nSPS) is 31.2. The summed E-state index contributed by atoms with van der Waals surface area (Å²) in [7, 11) is 0. The number of unbranched alkanes of at least 4 members (excludes halogenated alkanes) is 1. The second kappa shape index (κ2) is 11.6. The summed E-state index contributed by atoms with van der Waals surface area (Å²) in [5.74, 6) is 6.56. The van der Waals surface area contributed by atoms with E-state index >= 15 is 0 Å². The number of benzene rings is 1. The van der Waals surface area contributed by atoms with Gasteiger partial charge in [-0.25, -0.2) is 0 Å². The third-order valence-electron chi connectivity index (χ3n) is 9.21. The van der Waals surface area contributed by atoms with Gasteiger partial charge in [0.25, 0.3) is 0 Å². The molecule has 2 aliphatic carbocycles. The summed E-state index contributed by atoms with van der Waals surface area (Å²) in [6, 6.07) is 11.3. The van der Waals surface area contributed by atoms with Crippen molar-refractivity contribution >= 4 is 0 Å². The fourth-order valence-corrected chi connectivity index (χ4v) is 7.02. The van der Waals surface area contributed by atoms with Crippen LogP contribution in [0.1, 0.15) is 116 Å². The average molecular weight is 397 g/mol. The third kappa shape index (κ3) is 6.11. The second-order valence-corrected chi connectivity index (χ2v) is 10.7. The minimum atomic E-state index is 0.744. The summed E-state index contributed by atoms with van der Waals surface area (Å²) in [6.45, 7) is 9.89. The first-order valence-corrected chi connectivity index (χ1v) is 13.2. The fraction of sp³-hybridized carbons (Fsp3) is 0.793. The predicted molar refractivity (Wildman–Crippen MR) is 128 cm³/mol.